The van der Waals surface area contributed by atoms with Gasteiger partial charge >= 0.3 is 0 Å². The molecule has 0 bridgehead atoms. The average Bonchev–Trinajstić information content (AvgIpc) is 2.48. The zero-order valence-electron chi connectivity index (χ0n) is 10.8. The Labute approximate surface area is 103 Å². The molecule has 5 nitrogen and oxygen atoms in total. The fourth-order valence-electron chi connectivity index (χ4n) is 1.88. The molecule has 0 amide bonds. The number of ether oxygens (including phenoxy) is 1. The first kappa shape index (κ1) is 14.9. The third kappa shape index (κ3) is 5.33. The molecule has 102 valence electrons. The molecule has 0 spiro atoms. The molecule has 0 saturated carbocycles. The van der Waals surface area contributed by atoms with Crippen molar-refractivity contribution >= 4 is 9.84 Å². The summed E-state index contributed by atoms with van der Waals surface area (Å²) >= 11 is 0. The van der Waals surface area contributed by atoms with Gasteiger partial charge in [-0.3, -0.25) is 0 Å². The molecule has 1 aliphatic heterocycles. The summed E-state index contributed by atoms with van der Waals surface area (Å²) in [6.07, 6.45) is 0.0946. The highest BCUT2D eigenvalue weighted by atomic mass is 32.2. The predicted molar refractivity (Wildman–Crippen MR) is 66.8 cm³/mol. The SMILES string of the molecule is CC(C)OCC(O)CNC1(C)CCS(=O)(=O)C1. The summed E-state index contributed by atoms with van der Waals surface area (Å²) in [6, 6.07) is 0. The first-order valence-corrected chi connectivity index (χ1v) is 7.80. The number of hydrogen-bond donors (Lipinski definition) is 2. The van der Waals surface area contributed by atoms with Crippen LogP contribution in [0.5, 0.6) is 0 Å². The fourth-order valence-corrected chi connectivity index (χ4v) is 4.00. The Morgan fingerprint density at radius 1 is 1.47 bits per heavy atom. The first-order valence-electron chi connectivity index (χ1n) is 5.98. The molecule has 0 aromatic heterocycles. The highest BCUT2D eigenvalue weighted by Crippen LogP contribution is 2.22. The summed E-state index contributed by atoms with van der Waals surface area (Å²) in [6.45, 7) is 6.33. The van der Waals surface area contributed by atoms with Crippen LogP contribution in [0.4, 0.5) is 0 Å². The molecule has 1 saturated heterocycles. The summed E-state index contributed by atoms with van der Waals surface area (Å²) < 4.78 is 28.0. The monoisotopic (exact) mass is 265 g/mol. The summed E-state index contributed by atoms with van der Waals surface area (Å²) in [5.41, 5.74) is -0.405. The van der Waals surface area contributed by atoms with E-state index in [1.165, 1.54) is 0 Å². The lowest BCUT2D eigenvalue weighted by Gasteiger charge is -2.25. The van der Waals surface area contributed by atoms with Crippen molar-refractivity contribution in [2.45, 2.75) is 44.9 Å². The van der Waals surface area contributed by atoms with E-state index >= 15 is 0 Å². The quantitative estimate of drug-likeness (QED) is 0.703. The van der Waals surface area contributed by atoms with Crippen LogP contribution in [0.25, 0.3) is 0 Å². The Bertz CT molecular complexity index is 341. The molecule has 6 heteroatoms. The summed E-state index contributed by atoms with van der Waals surface area (Å²) in [7, 11) is -2.90. The van der Waals surface area contributed by atoms with Gasteiger partial charge in [-0.25, -0.2) is 8.42 Å². The molecule has 1 heterocycles. The molecule has 1 aliphatic rings. The van der Waals surface area contributed by atoms with Crippen LogP contribution in [-0.4, -0.2) is 55.9 Å². The number of aliphatic hydroxyl groups excluding tert-OH is 1. The van der Waals surface area contributed by atoms with Gasteiger partial charge < -0.3 is 15.2 Å². The number of sulfone groups is 1. The fraction of sp³-hybridized carbons (Fsp3) is 1.00. The lowest BCUT2D eigenvalue weighted by Crippen LogP contribution is -2.47. The normalized spacial score (nSPS) is 29.7. The van der Waals surface area contributed by atoms with Crippen LogP contribution in [0.15, 0.2) is 0 Å². The van der Waals surface area contributed by atoms with Gasteiger partial charge in [0.25, 0.3) is 0 Å². The van der Waals surface area contributed by atoms with E-state index in [-0.39, 0.29) is 24.2 Å². The van der Waals surface area contributed by atoms with Crippen molar-refractivity contribution in [3.63, 3.8) is 0 Å². The molecular weight excluding hydrogens is 242 g/mol. The maximum atomic E-state index is 11.4. The van der Waals surface area contributed by atoms with Crippen LogP contribution in [0.2, 0.25) is 0 Å². The first-order chi connectivity index (χ1) is 7.72. The molecule has 0 aromatic rings. The molecule has 1 fully saturated rings. The topological polar surface area (TPSA) is 75.6 Å². The lowest BCUT2D eigenvalue weighted by atomic mass is 10.0. The van der Waals surface area contributed by atoms with Crippen molar-refractivity contribution in [1.29, 1.82) is 0 Å². The highest BCUT2D eigenvalue weighted by molar-refractivity contribution is 7.91. The number of hydrogen-bond acceptors (Lipinski definition) is 5. The molecule has 0 aromatic carbocycles. The van der Waals surface area contributed by atoms with E-state index in [1.807, 2.05) is 20.8 Å². The maximum Gasteiger partial charge on any atom is 0.152 e. The summed E-state index contributed by atoms with van der Waals surface area (Å²) in [5.74, 6) is 0.382. The molecule has 2 unspecified atom stereocenters. The number of aliphatic hydroxyl groups is 1. The molecular formula is C11H23NO4S. The minimum absolute atomic E-state index is 0.0899. The number of nitrogens with one attached hydrogen (secondary N) is 1. The third-order valence-corrected chi connectivity index (χ3v) is 4.79. The zero-order valence-corrected chi connectivity index (χ0v) is 11.6. The van der Waals surface area contributed by atoms with Crippen molar-refractivity contribution < 1.29 is 18.3 Å². The van der Waals surface area contributed by atoms with E-state index in [2.05, 4.69) is 5.32 Å². The van der Waals surface area contributed by atoms with Crippen molar-refractivity contribution in [2.75, 3.05) is 24.7 Å². The largest absolute Gasteiger partial charge is 0.389 e. The van der Waals surface area contributed by atoms with Crippen LogP contribution < -0.4 is 5.32 Å². The van der Waals surface area contributed by atoms with Crippen LogP contribution in [0.3, 0.4) is 0 Å². The second-order valence-electron chi connectivity index (χ2n) is 5.32. The van der Waals surface area contributed by atoms with Gasteiger partial charge in [-0.2, -0.15) is 0 Å². The van der Waals surface area contributed by atoms with Crippen molar-refractivity contribution in [1.82, 2.24) is 5.32 Å². The van der Waals surface area contributed by atoms with Gasteiger partial charge in [-0.05, 0) is 27.2 Å². The Morgan fingerprint density at radius 3 is 2.59 bits per heavy atom. The van der Waals surface area contributed by atoms with E-state index in [0.717, 1.165) is 0 Å². The minimum atomic E-state index is -2.90. The van der Waals surface area contributed by atoms with Crippen LogP contribution in [-0.2, 0) is 14.6 Å². The molecule has 0 radical (unpaired) electrons. The number of β-amino-alcohol motifs (C(OH)–C–C–N with tert-alkyl or cyclic N) is 1. The second-order valence-corrected chi connectivity index (χ2v) is 7.50. The smallest absolute Gasteiger partial charge is 0.152 e. The van der Waals surface area contributed by atoms with Crippen molar-refractivity contribution in [3.05, 3.63) is 0 Å². The standard InChI is InChI=1S/C11H23NO4S/c1-9(2)16-7-10(13)6-12-11(3)4-5-17(14,15)8-11/h9-10,12-13H,4-8H2,1-3H3. The van der Waals surface area contributed by atoms with E-state index < -0.39 is 21.5 Å². The van der Waals surface area contributed by atoms with Crippen LogP contribution in [0.1, 0.15) is 27.2 Å². The van der Waals surface area contributed by atoms with Gasteiger partial charge in [0.05, 0.1) is 30.3 Å². The predicted octanol–water partition coefficient (Wildman–Crippen LogP) is -0.0609. The van der Waals surface area contributed by atoms with Gasteiger partial charge in [-0.15, -0.1) is 0 Å². The van der Waals surface area contributed by atoms with Gasteiger partial charge in [0.2, 0.25) is 0 Å². The van der Waals surface area contributed by atoms with Gasteiger partial charge in [-0.1, -0.05) is 0 Å². The van der Waals surface area contributed by atoms with E-state index in [4.69, 9.17) is 4.74 Å². The van der Waals surface area contributed by atoms with Crippen LogP contribution >= 0.6 is 0 Å². The summed E-state index contributed by atoms with van der Waals surface area (Å²) in [4.78, 5) is 0. The van der Waals surface area contributed by atoms with E-state index in [0.29, 0.717) is 13.0 Å². The second kappa shape index (κ2) is 5.65. The van der Waals surface area contributed by atoms with Gasteiger partial charge in [0.15, 0.2) is 9.84 Å². The average molecular weight is 265 g/mol. The number of rotatable bonds is 6. The maximum absolute atomic E-state index is 11.4. The van der Waals surface area contributed by atoms with E-state index in [1.54, 1.807) is 0 Å². The minimum Gasteiger partial charge on any atom is -0.389 e. The molecule has 0 aliphatic carbocycles. The van der Waals surface area contributed by atoms with Crippen LogP contribution in [0, 0.1) is 0 Å². The zero-order chi connectivity index (χ0) is 13.1. The van der Waals surface area contributed by atoms with Gasteiger partial charge in [0.1, 0.15) is 0 Å². The van der Waals surface area contributed by atoms with Crippen molar-refractivity contribution in [2.24, 2.45) is 0 Å². The molecule has 2 N–H and O–H groups in total. The Kier molecular flexibility index (Phi) is 4.95. The Morgan fingerprint density at radius 2 is 2.12 bits per heavy atom. The van der Waals surface area contributed by atoms with Crippen molar-refractivity contribution in [3.8, 4) is 0 Å². The molecule has 1 rings (SSSR count). The van der Waals surface area contributed by atoms with E-state index in [9.17, 15) is 13.5 Å². The Balaban J connectivity index is 2.31. The van der Waals surface area contributed by atoms with Gasteiger partial charge in [0, 0.05) is 12.1 Å². The molecule has 17 heavy (non-hydrogen) atoms. The Hall–Kier alpha value is -0.170. The lowest BCUT2D eigenvalue weighted by molar-refractivity contribution is 0.00418. The third-order valence-electron chi connectivity index (χ3n) is 2.89. The highest BCUT2D eigenvalue weighted by Gasteiger charge is 2.38. The summed E-state index contributed by atoms with van der Waals surface area (Å²) in [5, 5.41) is 12.8. The molecule has 2 atom stereocenters.